The summed E-state index contributed by atoms with van der Waals surface area (Å²) >= 11 is 6.02. The van der Waals surface area contributed by atoms with Crippen molar-refractivity contribution in [3.8, 4) is 0 Å². The van der Waals surface area contributed by atoms with Gasteiger partial charge in [0.1, 0.15) is 0 Å². The van der Waals surface area contributed by atoms with E-state index in [4.69, 9.17) is 11.6 Å². The van der Waals surface area contributed by atoms with Gasteiger partial charge in [-0.25, -0.2) is 4.90 Å². The fourth-order valence-corrected chi connectivity index (χ4v) is 3.51. The molecule has 7 heteroatoms. The van der Waals surface area contributed by atoms with Gasteiger partial charge in [-0.05, 0) is 54.8 Å². The molecule has 6 nitrogen and oxygen atoms in total. The Morgan fingerprint density at radius 2 is 1.85 bits per heavy atom. The number of aryl methyl sites for hydroxylation is 2. The van der Waals surface area contributed by atoms with Gasteiger partial charge in [-0.3, -0.25) is 14.6 Å². The summed E-state index contributed by atoms with van der Waals surface area (Å²) in [4.78, 5) is 27.0. The van der Waals surface area contributed by atoms with Crippen molar-refractivity contribution in [2.75, 3.05) is 4.90 Å². The van der Waals surface area contributed by atoms with Gasteiger partial charge >= 0.3 is 0 Å². The summed E-state index contributed by atoms with van der Waals surface area (Å²) in [5, 5.41) is 10.3. The van der Waals surface area contributed by atoms with E-state index in [2.05, 4.69) is 10.3 Å². The molecule has 0 N–H and O–H groups in total. The van der Waals surface area contributed by atoms with E-state index in [9.17, 15) is 9.59 Å². The van der Waals surface area contributed by atoms with Crippen LogP contribution in [-0.4, -0.2) is 28.9 Å². The topological polar surface area (TPSA) is 65.3 Å². The van der Waals surface area contributed by atoms with E-state index >= 15 is 0 Å². The Hall–Kier alpha value is -2.73. The number of carbonyl (C=O) groups excluding carboxylic acids is 2. The summed E-state index contributed by atoms with van der Waals surface area (Å²) < 4.78 is 0. The van der Waals surface area contributed by atoms with Gasteiger partial charge in [0.2, 0.25) is 0 Å². The van der Waals surface area contributed by atoms with Crippen LogP contribution in [0.15, 0.2) is 52.8 Å². The van der Waals surface area contributed by atoms with E-state index in [0.717, 1.165) is 16.7 Å². The quantitative estimate of drug-likeness (QED) is 0.779. The lowest BCUT2D eigenvalue weighted by Crippen LogP contribution is -2.39. The summed E-state index contributed by atoms with van der Waals surface area (Å²) in [5.74, 6) is -0.629. The first kappa shape index (κ1) is 16.7. The number of hydrogen-bond donors (Lipinski definition) is 0. The number of anilines is 1. The van der Waals surface area contributed by atoms with Gasteiger partial charge in [0.25, 0.3) is 11.8 Å². The normalized spacial score (nSPS) is 21.7. The Kier molecular flexibility index (Phi) is 4.00. The minimum atomic E-state index is -0.789. The van der Waals surface area contributed by atoms with E-state index in [1.54, 1.807) is 17.1 Å². The number of fused-ring (bicyclic) bond motifs is 1. The molecule has 26 heavy (non-hydrogen) atoms. The Bertz CT molecular complexity index is 943. The van der Waals surface area contributed by atoms with Crippen LogP contribution in [0.2, 0.25) is 5.02 Å². The van der Waals surface area contributed by atoms with Gasteiger partial charge in [0.15, 0.2) is 12.1 Å². The fourth-order valence-electron chi connectivity index (χ4n) is 3.30. The van der Waals surface area contributed by atoms with Gasteiger partial charge in [-0.15, -0.1) is 0 Å². The number of halogens is 1. The van der Waals surface area contributed by atoms with Gasteiger partial charge in [0, 0.05) is 5.02 Å². The van der Waals surface area contributed by atoms with Crippen molar-refractivity contribution in [2.24, 2.45) is 10.3 Å². The van der Waals surface area contributed by atoms with Crippen LogP contribution in [0.1, 0.15) is 16.7 Å². The van der Waals surface area contributed by atoms with Gasteiger partial charge in [-0.1, -0.05) is 35.0 Å². The van der Waals surface area contributed by atoms with Gasteiger partial charge in [0.05, 0.1) is 12.2 Å². The zero-order valence-electron chi connectivity index (χ0n) is 14.4. The molecule has 2 aliphatic rings. The maximum Gasteiger partial charge on any atom is 0.263 e. The summed E-state index contributed by atoms with van der Waals surface area (Å²) in [6.07, 6.45) is 0. The summed E-state index contributed by atoms with van der Waals surface area (Å²) in [7, 11) is 0. The van der Waals surface area contributed by atoms with Crippen LogP contribution >= 0.6 is 11.6 Å². The SMILES string of the molecule is Cc1ccc(N2C(=O)[C@H]3N=NN(Cc4cccc(Cl)c4)[C@@H]3C2=O)cc1C. The van der Waals surface area contributed by atoms with Crippen LogP contribution in [0.5, 0.6) is 0 Å². The molecule has 2 aliphatic heterocycles. The van der Waals surface area contributed by atoms with E-state index < -0.39 is 12.1 Å². The summed E-state index contributed by atoms with van der Waals surface area (Å²) in [6.45, 7) is 4.31. The predicted molar refractivity (Wildman–Crippen MR) is 97.8 cm³/mol. The Morgan fingerprint density at radius 3 is 2.58 bits per heavy atom. The molecule has 2 aromatic carbocycles. The number of hydrogen-bond acceptors (Lipinski definition) is 5. The first-order valence-electron chi connectivity index (χ1n) is 8.32. The Morgan fingerprint density at radius 1 is 1.04 bits per heavy atom. The highest BCUT2D eigenvalue weighted by atomic mass is 35.5. The molecule has 0 bridgehead atoms. The standard InChI is InChI=1S/C19H17ClN4O2/c1-11-6-7-15(8-12(11)2)24-18(25)16-17(19(24)26)23(22-21-16)10-13-4-3-5-14(20)9-13/h3-9,16-17H,10H2,1-2H3/t16-,17-/m0/s1. The van der Waals surface area contributed by atoms with Crippen molar-refractivity contribution >= 4 is 29.1 Å². The fraction of sp³-hybridized carbons (Fsp3) is 0.263. The zero-order chi connectivity index (χ0) is 18.4. The van der Waals surface area contributed by atoms with Crippen LogP contribution in [-0.2, 0) is 16.1 Å². The predicted octanol–water partition coefficient (Wildman–Crippen LogP) is 3.45. The molecule has 0 aliphatic carbocycles. The molecule has 0 aromatic heterocycles. The highest BCUT2D eigenvalue weighted by Crippen LogP contribution is 2.33. The maximum absolute atomic E-state index is 13.0. The highest BCUT2D eigenvalue weighted by Gasteiger charge is 2.54. The smallest absolute Gasteiger partial charge is 0.263 e. The van der Waals surface area contributed by atoms with E-state index in [0.29, 0.717) is 17.3 Å². The third kappa shape index (κ3) is 2.66. The molecule has 2 atom stereocenters. The van der Waals surface area contributed by atoms with Crippen molar-refractivity contribution < 1.29 is 9.59 Å². The zero-order valence-corrected chi connectivity index (χ0v) is 15.1. The molecular formula is C19H17ClN4O2. The molecule has 2 aromatic rings. The Labute approximate surface area is 156 Å². The van der Waals surface area contributed by atoms with Crippen LogP contribution in [0.25, 0.3) is 0 Å². The highest BCUT2D eigenvalue weighted by molar-refractivity contribution is 6.30. The molecular weight excluding hydrogens is 352 g/mol. The number of benzene rings is 2. The minimum absolute atomic E-state index is 0.296. The number of nitrogens with zero attached hydrogens (tertiary/aromatic N) is 4. The maximum atomic E-state index is 13.0. The average molecular weight is 369 g/mol. The molecule has 0 radical (unpaired) electrons. The number of carbonyl (C=O) groups is 2. The molecule has 2 heterocycles. The second-order valence-corrected chi connectivity index (χ2v) is 7.04. The van der Waals surface area contributed by atoms with Crippen molar-refractivity contribution in [1.82, 2.24) is 5.01 Å². The monoisotopic (exact) mass is 368 g/mol. The van der Waals surface area contributed by atoms with Crippen molar-refractivity contribution in [3.63, 3.8) is 0 Å². The molecule has 132 valence electrons. The molecule has 1 fully saturated rings. The molecule has 1 saturated heterocycles. The first-order chi connectivity index (χ1) is 12.5. The lowest BCUT2D eigenvalue weighted by Gasteiger charge is -2.21. The average Bonchev–Trinajstić information content (AvgIpc) is 3.11. The van der Waals surface area contributed by atoms with Gasteiger partial charge in [-0.2, -0.15) is 5.11 Å². The number of amides is 2. The lowest BCUT2D eigenvalue weighted by atomic mass is 10.1. The first-order valence-corrected chi connectivity index (χ1v) is 8.70. The second kappa shape index (κ2) is 6.21. The molecule has 4 rings (SSSR count). The van der Waals surface area contributed by atoms with Crippen LogP contribution < -0.4 is 4.90 Å². The lowest BCUT2D eigenvalue weighted by molar-refractivity contribution is -0.123. The number of imide groups is 1. The third-order valence-electron chi connectivity index (χ3n) is 4.84. The van der Waals surface area contributed by atoms with Crippen LogP contribution in [0.4, 0.5) is 5.69 Å². The largest absolute Gasteiger partial charge is 0.271 e. The van der Waals surface area contributed by atoms with Crippen LogP contribution in [0.3, 0.4) is 0 Å². The molecule has 0 unspecified atom stereocenters. The Balaban J connectivity index is 1.62. The molecule has 0 saturated carbocycles. The van der Waals surface area contributed by atoms with Crippen molar-refractivity contribution in [2.45, 2.75) is 32.5 Å². The van der Waals surface area contributed by atoms with Gasteiger partial charge < -0.3 is 0 Å². The number of rotatable bonds is 3. The third-order valence-corrected chi connectivity index (χ3v) is 5.08. The molecule has 0 spiro atoms. The summed E-state index contributed by atoms with van der Waals surface area (Å²) in [5.41, 5.74) is 3.62. The summed E-state index contributed by atoms with van der Waals surface area (Å²) in [6, 6.07) is 11.4. The van der Waals surface area contributed by atoms with Crippen molar-refractivity contribution in [3.05, 3.63) is 64.2 Å². The molecule has 2 amide bonds. The van der Waals surface area contributed by atoms with E-state index in [-0.39, 0.29) is 11.8 Å². The van der Waals surface area contributed by atoms with Crippen molar-refractivity contribution in [1.29, 1.82) is 0 Å². The second-order valence-electron chi connectivity index (χ2n) is 6.60. The van der Waals surface area contributed by atoms with E-state index in [1.165, 1.54) is 4.90 Å². The van der Waals surface area contributed by atoms with E-state index in [1.807, 2.05) is 44.2 Å². The minimum Gasteiger partial charge on any atom is -0.271 e. The van der Waals surface area contributed by atoms with Crippen LogP contribution in [0, 0.1) is 13.8 Å².